The predicted octanol–water partition coefficient (Wildman–Crippen LogP) is 1.79. The van der Waals surface area contributed by atoms with Crippen LogP contribution in [0.3, 0.4) is 0 Å². The highest BCUT2D eigenvalue weighted by Gasteiger charge is 2.30. The molecule has 0 spiro atoms. The number of benzene rings is 2. The first-order chi connectivity index (χ1) is 11.7. The molecule has 124 valence electrons. The summed E-state index contributed by atoms with van der Waals surface area (Å²) < 4.78 is 5.21. The number of carbonyl (C=O) groups is 3. The minimum Gasteiger partial charge on any atom is -0.460 e. The number of hydrogen-bond donors (Lipinski definition) is 1. The topological polar surface area (TPSA) is 81.7 Å². The van der Waals surface area contributed by atoms with Gasteiger partial charge in [-0.3, -0.25) is 9.59 Å². The van der Waals surface area contributed by atoms with Crippen molar-refractivity contribution in [2.75, 3.05) is 0 Å². The Hall–Kier alpha value is -3.15. The van der Waals surface area contributed by atoms with Crippen LogP contribution in [-0.4, -0.2) is 18.3 Å². The van der Waals surface area contributed by atoms with Gasteiger partial charge in [0.2, 0.25) is 6.41 Å². The van der Waals surface area contributed by atoms with E-state index in [4.69, 9.17) is 4.74 Å². The molecule has 1 atom stereocenters. The van der Waals surface area contributed by atoms with Crippen LogP contribution in [-0.2, 0) is 37.0 Å². The molecule has 1 N–H and O–H groups in total. The molecule has 24 heavy (non-hydrogen) atoms. The molecule has 0 aromatic heterocycles. The molecule has 2 aromatic rings. The number of amides is 1. The maximum atomic E-state index is 12.3. The summed E-state index contributed by atoms with van der Waals surface area (Å²) >= 11 is 0. The number of esters is 1. The fraction of sp³-hybridized carbons (Fsp3) is 0.167. The quantitative estimate of drug-likeness (QED) is 0.346. The average Bonchev–Trinajstić information content (AvgIpc) is 2.64. The number of hydroxylamine groups is 1. The van der Waals surface area contributed by atoms with Crippen molar-refractivity contribution in [3.05, 3.63) is 71.8 Å². The molecule has 0 aliphatic heterocycles. The van der Waals surface area contributed by atoms with Crippen LogP contribution in [0.15, 0.2) is 60.7 Å². The Morgan fingerprint density at radius 2 is 1.50 bits per heavy atom. The summed E-state index contributed by atoms with van der Waals surface area (Å²) in [5.41, 5.74) is 3.39. The van der Waals surface area contributed by atoms with Gasteiger partial charge >= 0.3 is 11.9 Å². The van der Waals surface area contributed by atoms with Gasteiger partial charge in [0, 0.05) is 0 Å². The first kappa shape index (κ1) is 17.2. The summed E-state index contributed by atoms with van der Waals surface area (Å²) in [5, 5.41) is 0. The van der Waals surface area contributed by atoms with Gasteiger partial charge in [-0.25, -0.2) is 4.79 Å². The molecule has 0 aliphatic carbocycles. The van der Waals surface area contributed by atoms with E-state index >= 15 is 0 Å². The molecule has 0 saturated carbocycles. The van der Waals surface area contributed by atoms with Gasteiger partial charge < -0.3 is 9.57 Å². The molecule has 0 saturated heterocycles. The fourth-order valence-corrected chi connectivity index (χ4v) is 2.10. The van der Waals surface area contributed by atoms with Gasteiger partial charge in [0.05, 0.1) is 0 Å². The predicted molar refractivity (Wildman–Crippen MR) is 85.2 cm³/mol. The first-order valence-corrected chi connectivity index (χ1v) is 7.35. The molecule has 6 heteroatoms. The largest absolute Gasteiger partial charge is 0.460 e. The lowest BCUT2D eigenvalue weighted by Gasteiger charge is -2.14. The molecule has 0 fully saturated rings. The molecule has 2 rings (SSSR count). The maximum Gasteiger partial charge on any atom is 0.346 e. The third-order valence-corrected chi connectivity index (χ3v) is 3.28. The highest BCUT2D eigenvalue weighted by atomic mass is 16.7. The van der Waals surface area contributed by atoms with Crippen molar-refractivity contribution in [3.8, 4) is 0 Å². The monoisotopic (exact) mass is 327 g/mol. The molecule has 1 unspecified atom stereocenters. The standard InChI is InChI=1S/C18H17NO5/c20-13-19-24-18(22)16(11-14-7-3-1-4-8-14)17(21)23-12-15-9-5-2-6-10-15/h1-10,13,16H,11-12H2,(H,19,20). The molecule has 0 radical (unpaired) electrons. The Morgan fingerprint density at radius 3 is 2.08 bits per heavy atom. The molecule has 0 heterocycles. The van der Waals surface area contributed by atoms with E-state index in [-0.39, 0.29) is 19.4 Å². The van der Waals surface area contributed by atoms with Crippen LogP contribution >= 0.6 is 0 Å². The van der Waals surface area contributed by atoms with Crippen LogP contribution in [0.2, 0.25) is 0 Å². The third-order valence-electron chi connectivity index (χ3n) is 3.28. The Balaban J connectivity index is 2.04. The molecular weight excluding hydrogens is 310 g/mol. The van der Waals surface area contributed by atoms with Crippen LogP contribution in [0.25, 0.3) is 0 Å². The van der Waals surface area contributed by atoms with E-state index in [1.165, 1.54) is 0 Å². The van der Waals surface area contributed by atoms with Crippen molar-refractivity contribution in [1.82, 2.24) is 5.48 Å². The van der Waals surface area contributed by atoms with E-state index in [9.17, 15) is 14.4 Å². The van der Waals surface area contributed by atoms with Crippen LogP contribution in [0.1, 0.15) is 11.1 Å². The zero-order valence-electron chi connectivity index (χ0n) is 12.9. The van der Waals surface area contributed by atoms with Crippen LogP contribution in [0.4, 0.5) is 0 Å². The summed E-state index contributed by atoms with van der Waals surface area (Å²) in [6, 6.07) is 18.1. The molecular formula is C18H17NO5. The smallest absolute Gasteiger partial charge is 0.346 e. The zero-order valence-corrected chi connectivity index (χ0v) is 12.9. The lowest BCUT2D eigenvalue weighted by Crippen LogP contribution is -2.33. The molecule has 0 bridgehead atoms. The highest BCUT2D eigenvalue weighted by molar-refractivity contribution is 5.95. The minimum atomic E-state index is -1.16. The normalized spacial score (nSPS) is 11.2. The van der Waals surface area contributed by atoms with E-state index in [1.54, 1.807) is 29.7 Å². The van der Waals surface area contributed by atoms with Gasteiger partial charge in [0.15, 0.2) is 5.92 Å². The second-order valence-electron chi connectivity index (χ2n) is 4.99. The van der Waals surface area contributed by atoms with Crippen LogP contribution < -0.4 is 5.48 Å². The van der Waals surface area contributed by atoms with Gasteiger partial charge in [-0.15, -0.1) is 0 Å². The average molecular weight is 327 g/mol. The summed E-state index contributed by atoms with van der Waals surface area (Å²) in [5.74, 6) is -2.74. The summed E-state index contributed by atoms with van der Waals surface area (Å²) in [6.07, 6.45) is 0.334. The Bertz CT molecular complexity index is 672. The van der Waals surface area contributed by atoms with E-state index in [2.05, 4.69) is 4.84 Å². The number of ether oxygens (including phenoxy) is 1. The minimum absolute atomic E-state index is 0.0549. The zero-order chi connectivity index (χ0) is 17.2. The van der Waals surface area contributed by atoms with Gasteiger partial charge in [0.1, 0.15) is 6.61 Å². The van der Waals surface area contributed by atoms with Gasteiger partial charge in [0.25, 0.3) is 0 Å². The van der Waals surface area contributed by atoms with Crippen molar-refractivity contribution in [1.29, 1.82) is 0 Å². The Morgan fingerprint density at radius 1 is 0.917 bits per heavy atom. The van der Waals surface area contributed by atoms with Crippen LogP contribution in [0.5, 0.6) is 0 Å². The number of carbonyl (C=O) groups excluding carboxylic acids is 3. The fourth-order valence-electron chi connectivity index (χ4n) is 2.10. The van der Waals surface area contributed by atoms with E-state index in [0.29, 0.717) is 0 Å². The van der Waals surface area contributed by atoms with Gasteiger partial charge in [-0.2, -0.15) is 5.48 Å². The number of hydrogen-bond acceptors (Lipinski definition) is 5. The second-order valence-corrected chi connectivity index (χ2v) is 4.99. The second kappa shape index (κ2) is 9.09. The van der Waals surface area contributed by atoms with Crippen molar-refractivity contribution in [2.24, 2.45) is 5.92 Å². The van der Waals surface area contributed by atoms with Crippen molar-refractivity contribution in [3.63, 3.8) is 0 Å². The molecule has 0 aliphatic rings. The van der Waals surface area contributed by atoms with E-state index in [0.717, 1.165) is 11.1 Å². The van der Waals surface area contributed by atoms with Crippen molar-refractivity contribution >= 4 is 18.3 Å². The number of nitrogens with one attached hydrogen (secondary N) is 1. The Kier molecular flexibility index (Phi) is 6.52. The lowest BCUT2D eigenvalue weighted by molar-refractivity contribution is -0.168. The van der Waals surface area contributed by atoms with Crippen molar-refractivity contribution in [2.45, 2.75) is 13.0 Å². The molecule has 6 nitrogen and oxygen atoms in total. The van der Waals surface area contributed by atoms with E-state index in [1.807, 2.05) is 36.4 Å². The molecule has 1 amide bonds. The lowest BCUT2D eigenvalue weighted by atomic mass is 9.99. The van der Waals surface area contributed by atoms with Crippen LogP contribution in [0, 0.1) is 5.92 Å². The summed E-state index contributed by atoms with van der Waals surface area (Å²) in [7, 11) is 0. The third kappa shape index (κ3) is 5.24. The van der Waals surface area contributed by atoms with E-state index < -0.39 is 17.9 Å². The van der Waals surface area contributed by atoms with Gasteiger partial charge in [-0.1, -0.05) is 60.7 Å². The Labute approximate surface area is 139 Å². The summed E-state index contributed by atoms with van der Waals surface area (Å²) in [6.45, 7) is 0.0549. The van der Waals surface area contributed by atoms with Gasteiger partial charge in [-0.05, 0) is 17.5 Å². The molecule has 2 aromatic carbocycles. The van der Waals surface area contributed by atoms with Crippen molar-refractivity contribution < 1.29 is 24.0 Å². The first-order valence-electron chi connectivity index (χ1n) is 7.35. The highest BCUT2D eigenvalue weighted by Crippen LogP contribution is 2.13. The summed E-state index contributed by atoms with van der Waals surface area (Å²) in [4.78, 5) is 39.1. The number of rotatable bonds is 8. The maximum absolute atomic E-state index is 12.3. The SMILES string of the molecule is O=CNOC(=O)C(Cc1ccccc1)C(=O)OCc1ccccc1.